The van der Waals surface area contributed by atoms with Crippen molar-refractivity contribution < 1.29 is 18.3 Å². The summed E-state index contributed by atoms with van der Waals surface area (Å²) in [6, 6.07) is 1.61. The van der Waals surface area contributed by atoms with Crippen molar-refractivity contribution in [3.63, 3.8) is 0 Å². The lowest BCUT2D eigenvalue weighted by Gasteiger charge is -2.08. The van der Waals surface area contributed by atoms with Crippen LogP contribution in [0.4, 0.5) is 8.78 Å². The standard InChI is InChI=1S/C10H11F2NO2/c1-15-10-7(9(14)2-3-13)4-6(11)5-8(10)12/h4-5H,2-3,13H2,1H3. The molecule has 0 bridgehead atoms. The fourth-order valence-corrected chi connectivity index (χ4v) is 1.24. The van der Waals surface area contributed by atoms with Gasteiger partial charge in [-0.15, -0.1) is 0 Å². The Labute approximate surface area is 85.8 Å². The first kappa shape index (κ1) is 11.6. The summed E-state index contributed by atoms with van der Waals surface area (Å²) in [5.74, 6) is -2.38. The molecule has 0 spiro atoms. The van der Waals surface area contributed by atoms with E-state index in [2.05, 4.69) is 0 Å². The molecule has 15 heavy (non-hydrogen) atoms. The molecule has 0 heterocycles. The molecule has 0 saturated carbocycles. The van der Waals surface area contributed by atoms with Crippen LogP contribution < -0.4 is 10.5 Å². The molecule has 0 aliphatic heterocycles. The topological polar surface area (TPSA) is 52.3 Å². The molecule has 0 unspecified atom stereocenters. The lowest BCUT2D eigenvalue weighted by atomic mass is 10.1. The van der Waals surface area contributed by atoms with Crippen LogP contribution in [0.25, 0.3) is 0 Å². The summed E-state index contributed by atoms with van der Waals surface area (Å²) in [6.45, 7) is 0.125. The highest BCUT2D eigenvalue weighted by Gasteiger charge is 2.17. The van der Waals surface area contributed by atoms with Crippen LogP contribution in [-0.4, -0.2) is 19.4 Å². The average Bonchev–Trinajstić information content (AvgIpc) is 2.17. The Bertz CT molecular complexity index is 380. The number of carbonyl (C=O) groups is 1. The molecular weight excluding hydrogens is 204 g/mol. The molecule has 1 rings (SSSR count). The van der Waals surface area contributed by atoms with Gasteiger partial charge in [0.25, 0.3) is 0 Å². The maximum absolute atomic E-state index is 13.2. The van der Waals surface area contributed by atoms with E-state index in [-0.39, 0.29) is 24.3 Å². The van der Waals surface area contributed by atoms with Crippen LogP contribution in [0.5, 0.6) is 5.75 Å². The summed E-state index contributed by atoms with van der Waals surface area (Å²) in [4.78, 5) is 11.4. The number of carbonyl (C=O) groups excluding carboxylic acids is 1. The molecule has 0 aliphatic rings. The van der Waals surface area contributed by atoms with Gasteiger partial charge >= 0.3 is 0 Å². The summed E-state index contributed by atoms with van der Waals surface area (Å²) in [5.41, 5.74) is 5.07. The van der Waals surface area contributed by atoms with E-state index in [1.807, 2.05) is 0 Å². The van der Waals surface area contributed by atoms with Crippen LogP contribution in [0.2, 0.25) is 0 Å². The number of rotatable bonds is 4. The molecule has 0 radical (unpaired) electrons. The highest BCUT2D eigenvalue weighted by molar-refractivity contribution is 5.98. The van der Waals surface area contributed by atoms with E-state index in [1.54, 1.807) is 0 Å². The average molecular weight is 215 g/mol. The number of Topliss-reactive ketones (excluding diaryl/α,β-unsaturated/α-hetero) is 1. The van der Waals surface area contributed by atoms with Crippen molar-refractivity contribution in [2.75, 3.05) is 13.7 Å². The molecular formula is C10H11F2NO2. The summed E-state index contributed by atoms with van der Waals surface area (Å²) in [7, 11) is 1.22. The van der Waals surface area contributed by atoms with Crippen molar-refractivity contribution in [2.24, 2.45) is 5.73 Å². The van der Waals surface area contributed by atoms with Gasteiger partial charge < -0.3 is 10.5 Å². The maximum Gasteiger partial charge on any atom is 0.168 e. The Morgan fingerprint density at radius 3 is 2.67 bits per heavy atom. The van der Waals surface area contributed by atoms with E-state index < -0.39 is 17.4 Å². The first-order valence-corrected chi connectivity index (χ1v) is 4.36. The first-order valence-electron chi connectivity index (χ1n) is 4.36. The fourth-order valence-electron chi connectivity index (χ4n) is 1.24. The lowest BCUT2D eigenvalue weighted by molar-refractivity contribution is 0.0981. The third-order valence-electron chi connectivity index (χ3n) is 1.88. The minimum Gasteiger partial charge on any atom is -0.493 e. The zero-order valence-corrected chi connectivity index (χ0v) is 8.22. The molecule has 0 aromatic heterocycles. The zero-order valence-electron chi connectivity index (χ0n) is 8.22. The van der Waals surface area contributed by atoms with Crippen molar-refractivity contribution in [1.29, 1.82) is 0 Å². The molecule has 3 nitrogen and oxygen atoms in total. The van der Waals surface area contributed by atoms with E-state index in [4.69, 9.17) is 10.5 Å². The van der Waals surface area contributed by atoms with Crippen LogP contribution in [0.3, 0.4) is 0 Å². The Balaban J connectivity index is 3.20. The largest absolute Gasteiger partial charge is 0.493 e. The highest BCUT2D eigenvalue weighted by atomic mass is 19.1. The Morgan fingerprint density at radius 1 is 1.47 bits per heavy atom. The van der Waals surface area contributed by atoms with Crippen LogP contribution in [0.15, 0.2) is 12.1 Å². The molecule has 0 saturated heterocycles. The first-order chi connectivity index (χ1) is 7.10. The lowest BCUT2D eigenvalue weighted by Crippen LogP contribution is -2.10. The van der Waals surface area contributed by atoms with E-state index in [0.29, 0.717) is 6.07 Å². The molecule has 1 aromatic rings. The number of ether oxygens (including phenoxy) is 1. The Kier molecular flexibility index (Phi) is 3.74. The van der Waals surface area contributed by atoms with Gasteiger partial charge in [0.1, 0.15) is 5.82 Å². The van der Waals surface area contributed by atoms with Crippen LogP contribution >= 0.6 is 0 Å². The minimum atomic E-state index is -0.891. The molecule has 0 atom stereocenters. The Hall–Kier alpha value is -1.49. The Morgan fingerprint density at radius 2 is 2.13 bits per heavy atom. The van der Waals surface area contributed by atoms with Crippen molar-refractivity contribution in [3.8, 4) is 5.75 Å². The van der Waals surface area contributed by atoms with Crippen molar-refractivity contribution in [3.05, 3.63) is 29.3 Å². The van der Waals surface area contributed by atoms with Gasteiger partial charge in [-0.05, 0) is 12.6 Å². The second-order valence-electron chi connectivity index (χ2n) is 2.93. The van der Waals surface area contributed by atoms with Gasteiger partial charge in [-0.2, -0.15) is 0 Å². The summed E-state index contributed by atoms with van der Waals surface area (Å²) in [5, 5.41) is 0. The molecule has 0 fully saturated rings. The third kappa shape index (κ3) is 2.50. The third-order valence-corrected chi connectivity index (χ3v) is 1.88. The number of ketones is 1. The second kappa shape index (κ2) is 4.84. The summed E-state index contributed by atoms with van der Waals surface area (Å²) < 4.78 is 30.7. The van der Waals surface area contributed by atoms with Gasteiger partial charge in [0.2, 0.25) is 0 Å². The number of hydrogen-bond acceptors (Lipinski definition) is 3. The van der Waals surface area contributed by atoms with Gasteiger partial charge in [0, 0.05) is 12.5 Å². The van der Waals surface area contributed by atoms with E-state index in [9.17, 15) is 13.6 Å². The van der Waals surface area contributed by atoms with Crippen LogP contribution in [-0.2, 0) is 0 Å². The SMILES string of the molecule is COc1c(F)cc(F)cc1C(=O)CCN. The van der Waals surface area contributed by atoms with Gasteiger partial charge in [-0.3, -0.25) is 4.79 Å². The van der Waals surface area contributed by atoms with E-state index in [0.717, 1.165) is 6.07 Å². The highest BCUT2D eigenvalue weighted by Crippen LogP contribution is 2.24. The fraction of sp³-hybridized carbons (Fsp3) is 0.300. The monoisotopic (exact) mass is 215 g/mol. The van der Waals surface area contributed by atoms with Gasteiger partial charge in [0.15, 0.2) is 17.3 Å². The van der Waals surface area contributed by atoms with Crippen molar-refractivity contribution in [1.82, 2.24) is 0 Å². The summed E-state index contributed by atoms with van der Waals surface area (Å²) >= 11 is 0. The number of hydrogen-bond donors (Lipinski definition) is 1. The molecule has 2 N–H and O–H groups in total. The molecule has 82 valence electrons. The second-order valence-corrected chi connectivity index (χ2v) is 2.93. The summed E-state index contributed by atoms with van der Waals surface area (Å²) in [6.07, 6.45) is 0.0270. The van der Waals surface area contributed by atoms with E-state index in [1.165, 1.54) is 7.11 Å². The number of halogens is 2. The smallest absolute Gasteiger partial charge is 0.168 e. The number of benzene rings is 1. The predicted molar refractivity (Wildman–Crippen MR) is 50.9 cm³/mol. The predicted octanol–water partition coefficient (Wildman–Crippen LogP) is 1.50. The van der Waals surface area contributed by atoms with Crippen LogP contribution in [0.1, 0.15) is 16.8 Å². The molecule has 0 aliphatic carbocycles. The molecule has 0 amide bonds. The maximum atomic E-state index is 13.2. The van der Waals surface area contributed by atoms with Gasteiger partial charge in [-0.1, -0.05) is 0 Å². The van der Waals surface area contributed by atoms with E-state index >= 15 is 0 Å². The molecule has 1 aromatic carbocycles. The molecule has 5 heteroatoms. The minimum absolute atomic E-state index is 0.0270. The number of nitrogens with two attached hydrogens (primary N) is 1. The number of methoxy groups -OCH3 is 1. The quantitative estimate of drug-likeness (QED) is 0.774. The zero-order chi connectivity index (χ0) is 11.4. The van der Waals surface area contributed by atoms with Crippen molar-refractivity contribution >= 4 is 5.78 Å². The van der Waals surface area contributed by atoms with Crippen LogP contribution in [0, 0.1) is 11.6 Å². The van der Waals surface area contributed by atoms with Gasteiger partial charge in [-0.25, -0.2) is 8.78 Å². The van der Waals surface area contributed by atoms with Crippen molar-refractivity contribution in [2.45, 2.75) is 6.42 Å². The van der Waals surface area contributed by atoms with Gasteiger partial charge in [0.05, 0.1) is 12.7 Å². The normalized spacial score (nSPS) is 10.1.